The quantitative estimate of drug-likeness (QED) is 0.788. The van der Waals surface area contributed by atoms with E-state index in [9.17, 15) is 4.79 Å². The van der Waals surface area contributed by atoms with E-state index in [4.69, 9.17) is 5.73 Å². The molecule has 0 aliphatic carbocycles. The average Bonchev–Trinajstić information content (AvgIpc) is 2.26. The van der Waals surface area contributed by atoms with Crippen molar-refractivity contribution in [3.05, 3.63) is 11.4 Å². The molecule has 0 radical (unpaired) electrons. The molecule has 6 nitrogen and oxygen atoms in total. The molecule has 6 heteroatoms. The Balaban J connectivity index is 2.88. The number of anilines is 1. The van der Waals surface area contributed by atoms with Gasteiger partial charge in [0.1, 0.15) is 0 Å². The number of primary amides is 1. The van der Waals surface area contributed by atoms with Crippen molar-refractivity contribution in [2.24, 2.45) is 5.73 Å². The van der Waals surface area contributed by atoms with Gasteiger partial charge >= 0.3 is 0 Å². The van der Waals surface area contributed by atoms with Gasteiger partial charge < -0.3 is 11.1 Å². The third-order valence-electron chi connectivity index (χ3n) is 2.58. The van der Waals surface area contributed by atoms with Crippen molar-refractivity contribution in [1.82, 2.24) is 15.2 Å². The largest absolute Gasteiger partial charge is 0.370 e. The molecule has 1 amide bonds. The summed E-state index contributed by atoms with van der Waals surface area (Å²) >= 11 is 0. The summed E-state index contributed by atoms with van der Waals surface area (Å²) in [7, 11) is 0. The fourth-order valence-corrected chi connectivity index (χ4v) is 1.77. The van der Waals surface area contributed by atoms with Crippen LogP contribution in [0.3, 0.4) is 0 Å². The standard InChI is InChI=1S/C12H21N5O/c1-5-8-9(6-2)16-17-11(14-8)15-12(3,4)7-10(13)18/h5-7H2,1-4H3,(H2,13,18)(H,14,15,17). The molecule has 0 aliphatic rings. The molecule has 1 heterocycles. The first-order chi connectivity index (χ1) is 8.38. The van der Waals surface area contributed by atoms with Crippen LogP contribution in [0.25, 0.3) is 0 Å². The van der Waals surface area contributed by atoms with Crippen molar-refractivity contribution in [3.8, 4) is 0 Å². The molecule has 0 bridgehead atoms. The lowest BCUT2D eigenvalue weighted by molar-refractivity contribution is -0.118. The molecule has 0 atom stereocenters. The van der Waals surface area contributed by atoms with Gasteiger partial charge in [-0.1, -0.05) is 13.8 Å². The maximum atomic E-state index is 11.0. The van der Waals surface area contributed by atoms with Crippen LogP contribution in [0.5, 0.6) is 0 Å². The number of amides is 1. The van der Waals surface area contributed by atoms with Crippen molar-refractivity contribution in [3.63, 3.8) is 0 Å². The number of hydrogen-bond donors (Lipinski definition) is 2. The minimum absolute atomic E-state index is 0.216. The van der Waals surface area contributed by atoms with Crippen LogP contribution >= 0.6 is 0 Å². The Kier molecular flexibility index (Phi) is 4.58. The first kappa shape index (κ1) is 14.3. The van der Waals surface area contributed by atoms with Crippen molar-refractivity contribution >= 4 is 11.9 Å². The first-order valence-corrected chi connectivity index (χ1v) is 6.17. The van der Waals surface area contributed by atoms with Crippen molar-refractivity contribution in [2.75, 3.05) is 5.32 Å². The lowest BCUT2D eigenvalue weighted by Gasteiger charge is -2.24. The molecule has 1 aromatic rings. The summed E-state index contributed by atoms with van der Waals surface area (Å²) in [5, 5.41) is 11.3. The minimum Gasteiger partial charge on any atom is -0.370 e. The fourth-order valence-electron chi connectivity index (χ4n) is 1.77. The van der Waals surface area contributed by atoms with Crippen molar-refractivity contribution < 1.29 is 4.79 Å². The summed E-state index contributed by atoms with van der Waals surface area (Å²) in [6, 6.07) is 0. The number of hydrogen-bond acceptors (Lipinski definition) is 5. The lowest BCUT2D eigenvalue weighted by Crippen LogP contribution is -2.36. The Labute approximate surface area is 107 Å². The summed E-state index contributed by atoms with van der Waals surface area (Å²) in [5.41, 5.74) is 6.57. The Hall–Kier alpha value is -1.72. The molecule has 0 saturated carbocycles. The third kappa shape index (κ3) is 3.94. The van der Waals surface area contributed by atoms with E-state index in [1.807, 2.05) is 27.7 Å². The van der Waals surface area contributed by atoms with Gasteiger partial charge in [-0.25, -0.2) is 4.98 Å². The molecule has 1 aromatic heterocycles. The number of aromatic nitrogens is 3. The Morgan fingerprint density at radius 3 is 2.33 bits per heavy atom. The van der Waals surface area contributed by atoms with Crippen LogP contribution in [0, 0.1) is 0 Å². The van der Waals surface area contributed by atoms with Crippen molar-refractivity contribution in [1.29, 1.82) is 0 Å². The van der Waals surface area contributed by atoms with Gasteiger partial charge in [0.05, 0.1) is 11.4 Å². The molecule has 0 aliphatic heterocycles. The van der Waals surface area contributed by atoms with Gasteiger partial charge in [-0.3, -0.25) is 4.79 Å². The smallest absolute Gasteiger partial charge is 0.243 e. The number of carbonyl (C=O) groups is 1. The number of carbonyl (C=O) groups excluding carboxylic acids is 1. The van der Waals surface area contributed by atoms with Crippen LogP contribution in [-0.4, -0.2) is 26.6 Å². The van der Waals surface area contributed by atoms with Crippen LogP contribution in [0.15, 0.2) is 0 Å². The monoisotopic (exact) mass is 251 g/mol. The van der Waals surface area contributed by atoms with Gasteiger partial charge in [-0.05, 0) is 26.7 Å². The Bertz CT molecular complexity index is 430. The van der Waals surface area contributed by atoms with Crippen LogP contribution in [-0.2, 0) is 17.6 Å². The van der Waals surface area contributed by atoms with Crippen LogP contribution < -0.4 is 11.1 Å². The summed E-state index contributed by atoms with van der Waals surface area (Å²) in [6.07, 6.45) is 1.84. The van der Waals surface area contributed by atoms with Gasteiger partial charge in [0.25, 0.3) is 0 Å². The van der Waals surface area contributed by atoms with Gasteiger partial charge in [0, 0.05) is 12.0 Å². The van der Waals surface area contributed by atoms with E-state index >= 15 is 0 Å². The zero-order chi connectivity index (χ0) is 13.8. The molecular weight excluding hydrogens is 230 g/mol. The molecule has 0 fully saturated rings. The van der Waals surface area contributed by atoms with E-state index in [1.165, 1.54) is 0 Å². The maximum Gasteiger partial charge on any atom is 0.243 e. The van der Waals surface area contributed by atoms with E-state index in [0.717, 1.165) is 24.2 Å². The van der Waals surface area contributed by atoms with Gasteiger partial charge in [-0.15, -0.1) is 5.10 Å². The lowest BCUT2D eigenvalue weighted by atomic mass is 10.0. The fraction of sp³-hybridized carbons (Fsp3) is 0.667. The normalized spacial score (nSPS) is 11.3. The summed E-state index contributed by atoms with van der Waals surface area (Å²) in [4.78, 5) is 15.4. The van der Waals surface area contributed by atoms with E-state index in [0.29, 0.717) is 5.95 Å². The highest BCUT2D eigenvalue weighted by atomic mass is 16.1. The van der Waals surface area contributed by atoms with Gasteiger partial charge in [-0.2, -0.15) is 5.10 Å². The zero-order valence-corrected chi connectivity index (χ0v) is 11.4. The van der Waals surface area contributed by atoms with Gasteiger partial charge in [0.15, 0.2) is 0 Å². The summed E-state index contributed by atoms with van der Waals surface area (Å²) in [6.45, 7) is 7.80. The molecule has 18 heavy (non-hydrogen) atoms. The second-order valence-electron chi connectivity index (χ2n) is 4.89. The average molecular weight is 251 g/mol. The number of aryl methyl sites for hydroxylation is 2. The number of rotatable bonds is 6. The Morgan fingerprint density at radius 1 is 1.22 bits per heavy atom. The zero-order valence-electron chi connectivity index (χ0n) is 11.4. The number of nitrogens with two attached hydrogens (primary N) is 1. The topological polar surface area (TPSA) is 93.8 Å². The highest BCUT2D eigenvalue weighted by Crippen LogP contribution is 2.15. The summed E-state index contributed by atoms with van der Waals surface area (Å²) in [5.74, 6) is 0.0802. The molecule has 0 unspecified atom stereocenters. The van der Waals surface area contributed by atoms with Crippen LogP contribution in [0.4, 0.5) is 5.95 Å². The van der Waals surface area contributed by atoms with Crippen LogP contribution in [0.1, 0.15) is 45.5 Å². The van der Waals surface area contributed by atoms with E-state index < -0.39 is 5.54 Å². The Morgan fingerprint density at radius 2 is 1.83 bits per heavy atom. The molecule has 0 aromatic carbocycles. The predicted octanol–water partition coefficient (Wildman–Crippen LogP) is 1.06. The van der Waals surface area contributed by atoms with E-state index in [2.05, 4.69) is 20.5 Å². The SMILES string of the molecule is CCc1nnc(NC(C)(C)CC(N)=O)nc1CC. The van der Waals surface area contributed by atoms with Crippen LogP contribution in [0.2, 0.25) is 0 Å². The molecule has 3 N–H and O–H groups in total. The second kappa shape index (κ2) is 5.75. The van der Waals surface area contributed by atoms with Gasteiger partial charge in [0.2, 0.25) is 11.9 Å². The third-order valence-corrected chi connectivity index (χ3v) is 2.58. The molecule has 0 saturated heterocycles. The maximum absolute atomic E-state index is 11.0. The number of nitrogens with one attached hydrogen (secondary N) is 1. The highest BCUT2D eigenvalue weighted by Gasteiger charge is 2.22. The molecule has 100 valence electrons. The second-order valence-corrected chi connectivity index (χ2v) is 4.89. The summed E-state index contributed by atoms with van der Waals surface area (Å²) < 4.78 is 0. The molecule has 1 rings (SSSR count). The predicted molar refractivity (Wildman–Crippen MR) is 70.1 cm³/mol. The molecule has 0 spiro atoms. The molecular formula is C12H21N5O. The van der Waals surface area contributed by atoms with E-state index in [-0.39, 0.29) is 12.3 Å². The van der Waals surface area contributed by atoms with E-state index in [1.54, 1.807) is 0 Å². The highest BCUT2D eigenvalue weighted by molar-refractivity contribution is 5.75. The minimum atomic E-state index is -0.480. The van der Waals surface area contributed by atoms with Crippen molar-refractivity contribution in [2.45, 2.75) is 52.5 Å². The first-order valence-electron chi connectivity index (χ1n) is 6.17. The number of nitrogens with zero attached hydrogens (tertiary/aromatic N) is 3.